The van der Waals surface area contributed by atoms with Crippen LogP contribution in [0.1, 0.15) is 5.56 Å². The molecule has 7 heteroatoms. The van der Waals surface area contributed by atoms with Crippen LogP contribution >= 0.6 is 11.6 Å². The van der Waals surface area contributed by atoms with Crippen LogP contribution in [0, 0.1) is 0 Å². The maximum absolute atomic E-state index is 8.86. The monoisotopic (exact) mass is 237 g/mol. The fourth-order valence-electron chi connectivity index (χ4n) is 1.26. The molecule has 2 N–H and O–H groups in total. The summed E-state index contributed by atoms with van der Waals surface area (Å²) in [6.45, 7) is 0.462. The van der Waals surface area contributed by atoms with Gasteiger partial charge in [-0.15, -0.1) is 0 Å². The molecule has 0 amide bonds. The Bertz CT molecular complexity index is 472. The van der Waals surface area contributed by atoms with Gasteiger partial charge in [0.1, 0.15) is 5.59 Å². The standard InChI is InChI=1S/C9H9BClN3O2/c11-8-3-1-7(2-4-8)6-14-12-5-9(13-14)10(15)16/h1-5,15-16H,6H2. The molecule has 5 nitrogen and oxygen atoms in total. The van der Waals surface area contributed by atoms with Gasteiger partial charge in [0, 0.05) is 5.02 Å². The largest absolute Gasteiger partial charge is 0.511 e. The van der Waals surface area contributed by atoms with E-state index in [1.54, 1.807) is 12.1 Å². The highest BCUT2D eigenvalue weighted by atomic mass is 35.5. The van der Waals surface area contributed by atoms with Gasteiger partial charge in [-0.1, -0.05) is 23.7 Å². The van der Waals surface area contributed by atoms with E-state index in [0.717, 1.165) is 5.56 Å². The summed E-state index contributed by atoms with van der Waals surface area (Å²) in [6, 6.07) is 7.28. The normalized spacial score (nSPS) is 10.4. The minimum atomic E-state index is -1.58. The third-order valence-corrected chi connectivity index (χ3v) is 2.31. The summed E-state index contributed by atoms with van der Waals surface area (Å²) in [7, 11) is -1.58. The summed E-state index contributed by atoms with van der Waals surface area (Å²) >= 11 is 5.76. The van der Waals surface area contributed by atoms with E-state index < -0.39 is 7.12 Å². The molecule has 0 aliphatic heterocycles. The van der Waals surface area contributed by atoms with E-state index in [1.807, 2.05) is 12.1 Å². The summed E-state index contributed by atoms with van der Waals surface area (Å²) in [6.07, 6.45) is 1.32. The first kappa shape index (κ1) is 11.1. The molecule has 0 fully saturated rings. The lowest BCUT2D eigenvalue weighted by molar-refractivity contribution is 0.423. The first-order valence-electron chi connectivity index (χ1n) is 4.66. The second kappa shape index (κ2) is 4.65. The Morgan fingerprint density at radius 2 is 1.94 bits per heavy atom. The molecule has 82 valence electrons. The predicted molar refractivity (Wildman–Crippen MR) is 60.4 cm³/mol. The number of halogens is 1. The fraction of sp³-hybridized carbons (Fsp3) is 0.111. The van der Waals surface area contributed by atoms with Crippen molar-refractivity contribution in [2.24, 2.45) is 0 Å². The maximum atomic E-state index is 8.86. The SMILES string of the molecule is OB(O)c1cnn(Cc2ccc(Cl)cc2)n1. The fourth-order valence-corrected chi connectivity index (χ4v) is 1.38. The van der Waals surface area contributed by atoms with Gasteiger partial charge in [0.25, 0.3) is 0 Å². The Hall–Kier alpha value is -1.37. The Labute approximate surface area is 97.4 Å². The summed E-state index contributed by atoms with van der Waals surface area (Å²) in [5, 5.41) is 26.2. The molecule has 16 heavy (non-hydrogen) atoms. The minimum absolute atomic E-state index is 0.133. The minimum Gasteiger partial charge on any atom is -0.422 e. The molecule has 0 saturated carbocycles. The van der Waals surface area contributed by atoms with Crippen LogP contribution in [0.2, 0.25) is 5.02 Å². The number of benzene rings is 1. The van der Waals surface area contributed by atoms with Crippen molar-refractivity contribution in [2.45, 2.75) is 6.54 Å². The van der Waals surface area contributed by atoms with Crippen LogP contribution in [0.25, 0.3) is 0 Å². The van der Waals surface area contributed by atoms with Crippen LogP contribution in [-0.4, -0.2) is 32.2 Å². The molecule has 0 unspecified atom stereocenters. The summed E-state index contributed by atoms with van der Waals surface area (Å²) in [4.78, 5) is 1.39. The Kier molecular flexibility index (Phi) is 3.23. The van der Waals surface area contributed by atoms with Crippen molar-refractivity contribution >= 4 is 24.3 Å². The molecule has 0 aliphatic rings. The molecule has 0 bridgehead atoms. The van der Waals surface area contributed by atoms with Gasteiger partial charge < -0.3 is 10.0 Å². The predicted octanol–water partition coefficient (Wildman–Crippen LogP) is -0.340. The van der Waals surface area contributed by atoms with Gasteiger partial charge >= 0.3 is 7.12 Å². The smallest absolute Gasteiger partial charge is 0.422 e. The molecule has 0 atom stereocenters. The summed E-state index contributed by atoms with van der Waals surface area (Å²) < 4.78 is 0. The number of nitrogens with zero attached hydrogens (tertiary/aromatic N) is 3. The van der Waals surface area contributed by atoms with Gasteiger partial charge in [0.2, 0.25) is 0 Å². The topological polar surface area (TPSA) is 71.2 Å². The van der Waals surface area contributed by atoms with Gasteiger partial charge in [0.05, 0.1) is 12.7 Å². The number of aromatic nitrogens is 3. The van der Waals surface area contributed by atoms with Crippen molar-refractivity contribution in [2.75, 3.05) is 0 Å². The molecule has 2 rings (SSSR count). The van der Waals surface area contributed by atoms with Crippen LogP contribution in [0.15, 0.2) is 30.5 Å². The Morgan fingerprint density at radius 3 is 2.50 bits per heavy atom. The van der Waals surface area contributed by atoms with Crippen molar-refractivity contribution < 1.29 is 10.0 Å². The lowest BCUT2D eigenvalue weighted by atomic mass is 9.87. The van der Waals surface area contributed by atoms with Crippen molar-refractivity contribution in [3.8, 4) is 0 Å². The highest BCUT2D eigenvalue weighted by Gasteiger charge is 2.15. The molecule has 1 heterocycles. The molecule has 2 aromatic rings. The number of hydrogen-bond donors (Lipinski definition) is 2. The molecular formula is C9H9BClN3O2. The van der Waals surface area contributed by atoms with Crippen LogP contribution in [-0.2, 0) is 6.54 Å². The van der Waals surface area contributed by atoms with Crippen molar-refractivity contribution in [3.63, 3.8) is 0 Å². The molecule has 1 aromatic carbocycles. The number of rotatable bonds is 3. The zero-order valence-electron chi connectivity index (χ0n) is 8.29. The van der Waals surface area contributed by atoms with Gasteiger partial charge in [-0.25, -0.2) is 0 Å². The van der Waals surface area contributed by atoms with E-state index >= 15 is 0 Å². The second-order valence-corrected chi connectivity index (χ2v) is 3.74. The van der Waals surface area contributed by atoms with E-state index in [9.17, 15) is 0 Å². The van der Waals surface area contributed by atoms with Gasteiger partial charge in [-0.2, -0.15) is 15.0 Å². The molecular weight excluding hydrogens is 228 g/mol. The van der Waals surface area contributed by atoms with E-state index in [0.29, 0.717) is 11.6 Å². The number of hydrogen-bond acceptors (Lipinski definition) is 4. The molecule has 1 aromatic heterocycles. The van der Waals surface area contributed by atoms with E-state index in [1.165, 1.54) is 11.0 Å². The average Bonchev–Trinajstić information content (AvgIpc) is 2.70. The lowest BCUT2D eigenvalue weighted by Crippen LogP contribution is -2.31. The first-order valence-corrected chi connectivity index (χ1v) is 5.03. The van der Waals surface area contributed by atoms with E-state index in [4.69, 9.17) is 21.6 Å². The van der Waals surface area contributed by atoms with E-state index in [2.05, 4.69) is 10.2 Å². The van der Waals surface area contributed by atoms with Crippen molar-refractivity contribution in [1.82, 2.24) is 15.0 Å². The van der Waals surface area contributed by atoms with E-state index in [-0.39, 0.29) is 5.59 Å². The first-order chi connectivity index (χ1) is 7.65. The third-order valence-electron chi connectivity index (χ3n) is 2.06. The van der Waals surface area contributed by atoms with Crippen LogP contribution in [0.5, 0.6) is 0 Å². The van der Waals surface area contributed by atoms with Gasteiger partial charge in [0.15, 0.2) is 0 Å². The molecule has 0 spiro atoms. The highest BCUT2D eigenvalue weighted by Crippen LogP contribution is 2.09. The second-order valence-electron chi connectivity index (χ2n) is 3.30. The van der Waals surface area contributed by atoms with Crippen molar-refractivity contribution in [1.29, 1.82) is 0 Å². The Balaban J connectivity index is 2.11. The third kappa shape index (κ3) is 2.60. The zero-order chi connectivity index (χ0) is 11.5. The average molecular weight is 237 g/mol. The van der Waals surface area contributed by atoms with Gasteiger partial charge in [-0.05, 0) is 17.7 Å². The zero-order valence-corrected chi connectivity index (χ0v) is 9.04. The Morgan fingerprint density at radius 1 is 1.25 bits per heavy atom. The molecule has 0 aliphatic carbocycles. The highest BCUT2D eigenvalue weighted by molar-refractivity contribution is 6.57. The summed E-state index contributed by atoms with van der Waals surface area (Å²) in [5.41, 5.74) is 1.12. The molecule has 0 saturated heterocycles. The van der Waals surface area contributed by atoms with Crippen LogP contribution < -0.4 is 5.59 Å². The van der Waals surface area contributed by atoms with Crippen LogP contribution in [0.3, 0.4) is 0 Å². The lowest BCUT2D eigenvalue weighted by Gasteiger charge is -2.00. The van der Waals surface area contributed by atoms with Crippen molar-refractivity contribution in [3.05, 3.63) is 41.0 Å². The summed E-state index contributed by atoms with van der Waals surface area (Å²) in [5.74, 6) is 0. The van der Waals surface area contributed by atoms with Gasteiger partial charge in [-0.3, -0.25) is 0 Å². The quantitative estimate of drug-likeness (QED) is 0.717. The maximum Gasteiger partial charge on any atom is 0.511 e. The van der Waals surface area contributed by atoms with Crippen LogP contribution in [0.4, 0.5) is 0 Å². The molecule has 0 radical (unpaired) electrons.